The second-order valence-corrected chi connectivity index (χ2v) is 7.84. The molecule has 0 aliphatic carbocycles. The van der Waals surface area contributed by atoms with Crippen molar-refractivity contribution in [3.63, 3.8) is 0 Å². The van der Waals surface area contributed by atoms with Crippen LogP contribution in [0.5, 0.6) is 0 Å². The Morgan fingerprint density at radius 2 is 1.90 bits per heavy atom. The summed E-state index contributed by atoms with van der Waals surface area (Å²) < 4.78 is 6.27. The maximum Gasteiger partial charge on any atom is 0.466 e. The molecular formula is C8H17AlO. The quantitative estimate of drug-likeness (QED) is 0.490. The monoisotopic (exact) mass is 156 g/mol. The van der Waals surface area contributed by atoms with Crippen LogP contribution < -0.4 is 0 Å². The first-order chi connectivity index (χ1) is 4.61. The summed E-state index contributed by atoms with van der Waals surface area (Å²) in [6, 6.07) is 0. The zero-order valence-corrected chi connectivity index (χ0v) is 8.47. The first kappa shape index (κ1) is 8.59. The molecule has 10 heavy (non-hydrogen) atoms. The minimum absolute atomic E-state index is 0.487. The number of hydrogen-bond acceptors (Lipinski definition) is 1. The van der Waals surface area contributed by atoms with E-state index in [-0.39, 0.29) is 0 Å². The Hall–Kier alpha value is 0.492. The van der Waals surface area contributed by atoms with E-state index >= 15 is 0 Å². The highest BCUT2D eigenvalue weighted by atomic mass is 27.2. The molecule has 0 atom stereocenters. The molecule has 0 spiro atoms. The van der Waals surface area contributed by atoms with Crippen molar-refractivity contribution < 1.29 is 3.79 Å². The van der Waals surface area contributed by atoms with Crippen molar-refractivity contribution in [3.8, 4) is 0 Å². The largest absolute Gasteiger partial charge is 0.500 e. The van der Waals surface area contributed by atoms with E-state index in [2.05, 4.69) is 20.8 Å². The van der Waals surface area contributed by atoms with Crippen molar-refractivity contribution in [2.24, 2.45) is 0 Å². The van der Waals surface area contributed by atoms with Crippen LogP contribution in [0.15, 0.2) is 0 Å². The first-order valence-corrected chi connectivity index (χ1v) is 6.09. The van der Waals surface area contributed by atoms with Crippen LogP contribution in [-0.4, -0.2) is 21.1 Å². The fourth-order valence-electron chi connectivity index (χ4n) is 1.42. The molecule has 0 N–H and O–H groups in total. The van der Waals surface area contributed by atoms with Gasteiger partial charge >= 0.3 is 14.5 Å². The normalized spacial score (nSPS) is 21.3. The Kier molecular flexibility index (Phi) is 2.80. The maximum atomic E-state index is 5.78. The average molecular weight is 156 g/mol. The van der Waals surface area contributed by atoms with Gasteiger partial charge in [-0.3, -0.25) is 0 Å². The lowest BCUT2D eigenvalue weighted by Gasteiger charge is -2.28. The minimum Gasteiger partial charge on any atom is -0.500 e. The predicted octanol–water partition coefficient (Wildman–Crippen LogP) is 2.59. The van der Waals surface area contributed by atoms with E-state index in [9.17, 15) is 0 Å². The van der Waals surface area contributed by atoms with Gasteiger partial charge in [0, 0.05) is 6.61 Å². The van der Waals surface area contributed by atoms with Gasteiger partial charge in [0.15, 0.2) is 0 Å². The smallest absolute Gasteiger partial charge is 0.466 e. The summed E-state index contributed by atoms with van der Waals surface area (Å²) in [5.74, 6) is 0. The van der Waals surface area contributed by atoms with Crippen LogP contribution in [0.1, 0.15) is 33.6 Å². The van der Waals surface area contributed by atoms with E-state index in [4.69, 9.17) is 3.79 Å². The van der Waals surface area contributed by atoms with Gasteiger partial charge in [-0.2, -0.15) is 0 Å². The molecule has 1 fully saturated rings. The molecule has 0 unspecified atom stereocenters. The topological polar surface area (TPSA) is 9.23 Å². The zero-order valence-electron chi connectivity index (χ0n) is 7.31. The number of rotatable bonds is 0. The van der Waals surface area contributed by atoms with E-state index in [1.165, 1.54) is 18.1 Å². The first-order valence-electron chi connectivity index (χ1n) is 4.22. The molecule has 0 saturated carbocycles. The molecule has 1 saturated heterocycles. The Morgan fingerprint density at radius 3 is 2.20 bits per heavy atom. The minimum atomic E-state index is -0.814. The van der Waals surface area contributed by atoms with Crippen molar-refractivity contribution in [2.45, 2.75) is 43.2 Å². The molecule has 1 aliphatic heterocycles. The zero-order chi connectivity index (χ0) is 7.61. The van der Waals surface area contributed by atoms with Crippen LogP contribution in [0, 0.1) is 0 Å². The van der Waals surface area contributed by atoms with Gasteiger partial charge in [0.25, 0.3) is 0 Å². The van der Waals surface area contributed by atoms with E-state index in [0.717, 1.165) is 6.61 Å². The number of hydrogen-bond donors (Lipinski definition) is 0. The van der Waals surface area contributed by atoms with Gasteiger partial charge in [-0.1, -0.05) is 36.8 Å². The molecule has 1 rings (SSSR count). The van der Waals surface area contributed by atoms with Crippen molar-refractivity contribution in [1.82, 2.24) is 0 Å². The standard InChI is InChI=1S/C4H8O.C4H9.Al/c1-2-3-4-5;1-4(2)3;/h1-4H2;1-3H3;/q-1;;+1. The van der Waals surface area contributed by atoms with Gasteiger partial charge < -0.3 is 3.79 Å². The predicted molar refractivity (Wildman–Crippen MR) is 45.5 cm³/mol. The van der Waals surface area contributed by atoms with Gasteiger partial charge in [-0.15, -0.1) is 0 Å². The summed E-state index contributed by atoms with van der Waals surface area (Å²) in [6.07, 6.45) is 2.70. The second kappa shape index (κ2) is 3.26. The molecule has 2 heteroatoms. The fourth-order valence-corrected chi connectivity index (χ4v) is 4.07. The van der Waals surface area contributed by atoms with Crippen molar-refractivity contribution in [2.75, 3.05) is 6.61 Å². The lowest BCUT2D eigenvalue weighted by Crippen LogP contribution is -2.32. The van der Waals surface area contributed by atoms with Crippen molar-refractivity contribution >= 4 is 14.5 Å². The Morgan fingerprint density at radius 1 is 1.20 bits per heavy atom. The van der Waals surface area contributed by atoms with Gasteiger partial charge in [0.1, 0.15) is 0 Å². The lowest BCUT2D eigenvalue weighted by molar-refractivity contribution is 0.270. The molecule has 1 aliphatic rings. The molecule has 0 aromatic heterocycles. The van der Waals surface area contributed by atoms with E-state index in [0.29, 0.717) is 4.28 Å². The van der Waals surface area contributed by atoms with Crippen LogP contribution in [0.3, 0.4) is 0 Å². The van der Waals surface area contributed by atoms with Crippen molar-refractivity contribution in [1.29, 1.82) is 0 Å². The molecule has 0 bridgehead atoms. The molecular weight excluding hydrogens is 139 g/mol. The maximum absolute atomic E-state index is 5.78. The third kappa shape index (κ3) is 2.27. The van der Waals surface area contributed by atoms with Gasteiger partial charge in [-0.25, -0.2) is 0 Å². The summed E-state index contributed by atoms with van der Waals surface area (Å²) in [5.41, 5.74) is 0. The van der Waals surface area contributed by atoms with Gasteiger partial charge in [-0.05, 0) is 6.42 Å². The molecule has 1 heterocycles. The van der Waals surface area contributed by atoms with Gasteiger partial charge in [0.2, 0.25) is 0 Å². The summed E-state index contributed by atoms with van der Waals surface area (Å²) >= 11 is -0.814. The molecule has 0 amide bonds. The highest BCUT2D eigenvalue weighted by Crippen LogP contribution is 2.32. The van der Waals surface area contributed by atoms with Crippen LogP contribution in [0.4, 0.5) is 0 Å². The lowest BCUT2D eigenvalue weighted by atomic mass is 10.2. The van der Waals surface area contributed by atoms with Crippen LogP contribution >= 0.6 is 0 Å². The van der Waals surface area contributed by atoms with Crippen LogP contribution in [0.25, 0.3) is 0 Å². The molecule has 0 aromatic rings. The third-order valence-electron chi connectivity index (χ3n) is 2.15. The highest BCUT2D eigenvalue weighted by Gasteiger charge is 2.35. The van der Waals surface area contributed by atoms with E-state index < -0.39 is 14.5 Å². The Labute approximate surface area is 68.5 Å². The molecule has 1 nitrogen and oxygen atoms in total. The Bertz CT molecular complexity index is 100. The SMILES string of the molecule is C[C](C)(C)[Al]1[CH2]CCC[O]1. The highest BCUT2D eigenvalue weighted by molar-refractivity contribution is 6.55. The molecule has 58 valence electrons. The fraction of sp³-hybridized carbons (Fsp3) is 1.00. The summed E-state index contributed by atoms with van der Waals surface area (Å²) in [4.78, 5) is 0. The summed E-state index contributed by atoms with van der Waals surface area (Å²) in [5, 5.41) is 1.39. The average Bonchev–Trinajstić information content (AvgIpc) is 1.88. The van der Waals surface area contributed by atoms with Crippen LogP contribution in [-0.2, 0) is 3.79 Å². The van der Waals surface area contributed by atoms with Crippen LogP contribution in [0.2, 0.25) is 9.56 Å². The van der Waals surface area contributed by atoms with Crippen molar-refractivity contribution in [3.05, 3.63) is 0 Å². The van der Waals surface area contributed by atoms with Gasteiger partial charge in [0.05, 0.1) is 0 Å². The summed E-state index contributed by atoms with van der Waals surface area (Å²) in [6.45, 7) is 7.98. The Balaban J connectivity index is 2.39. The third-order valence-corrected chi connectivity index (χ3v) is 5.65. The van der Waals surface area contributed by atoms with E-state index in [1.807, 2.05) is 0 Å². The molecule has 0 aromatic carbocycles. The van der Waals surface area contributed by atoms with E-state index in [1.54, 1.807) is 0 Å². The summed E-state index contributed by atoms with van der Waals surface area (Å²) in [7, 11) is 0. The second-order valence-electron chi connectivity index (χ2n) is 4.22. The molecule has 0 radical (unpaired) electrons.